The molecule has 0 radical (unpaired) electrons. The molecule has 8 heteroatoms. The van der Waals surface area contributed by atoms with Crippen molar-refractivity contribution in [3.63, 3.8) is 0 Å². The molecular formula is C21H23NO7. The molecule has 0 bridgehead atoms. The van der Waals surface area contributed by atoms with Crippen molar-refractivity contribution in [1.29, 1.82) is 0 Å². The van der Waals surface area contributed by atoms with E-state index in [0.717, 1.165) is 0 Å². The maximum atomic E-state index is 12.8. The maximum Gasteiger partial charge on any atom is 0.341 e. The molecule has 0 amide bonds. The SMILES string of the molecule is CCOC(=O)C(C(=O)OCC)(C(=O)OCC)c1ccc(C(=O)c2ccccc2)[nH]1. The van der Waals surface area contributed by atoms with Gasteiger partial charge in [0.05, 0.1) is 31.2 Å². The van der Waals surface area contributed by atoms with E-state index in [1.165, 1.54) is 32.9 Å². The largest absolute Gasteiger partial charge is 0.464 e. The Morgan fingerprint density at radius 3 is 1.69 bits per heavy atom. The third-order valence-electron chi connectivity index (χ3n) is 4.12. The Morgan fingerprint density at radius 2 is 1.24 bits per heavy atom. The maximum absolute atomic E-state index is 12.8. The first-order chi connectivity index (χ1) is 13.9. The molecule has 154 valence electrons. The second-order valence-electron chi connectivity index (χ2n) is 5.89. The minimum Gasteiger partial charge on any atom is -0.464 e. The van der Waals surface area contributed by atoms with Gasteiger partial charge in [0.2, 0.25) is 5.78 Å². The molecular weight excluding hydrogens is 378 g/mol. The predicted octanol–water partition coefficient (Wildman–Crippen LogP) is 2.17. The fourth-order valence-electron chi connectivity index (χ4n) is 2.79. The molecule has 0 unspecified atom stereocenters. The summed E-state index contributed by atoms with van der Waals surface area (Å²) in [6.45, 7) is 4.40. The molecule has 1 aromatic heterocycles. The fourth-order valence-corrected chi connectivity index (χ4v) is 2.79. The predicted molar refractivity (Wildman–Crippen MR) is 102 cm³/mol. The summed E-state index contributed by atoms with van der Waals surface area (Å²) in [5.41, 5.74) is -2.19. The van der Waals surface area contributed by atoms with Crippen LogP contribution in [-0.2, 0) is 34.0 Å². The van der Waals surface area contributed by atoms with Crippen molar-refractivity contribution in [1.82, 2.24) is 4.98 Å². The van der Waals surface area contributed by atoms with E-state index in [4.69, 9.17) is 14.2 Å². The van der Waals surface area contributed by atoms with Gasteiger partial charge in [0.15, 0.2) is 0 Å². The summed E-state index contributed by atoms with van der Waals surface area (Å²) in [6.07, 6.45) is 0. The highest BCUT2D eigenvalue weighted by Gasteiger charge is 2.60. The zero-order valence-corrected chi connectivity index (χ0v) is 16.5. The second-order valence-corrected chi connectivity index (χ2v) is 5.89. The van der Waals surface area contributed by atoms with Crippen LogP contribution in [0.2, 0.25) is 0 Å². The molecule has 0 aliphatic heterocycles. The summed E-state index contributed by atoms with van der Waals surface area (Å²) in [5.74, 6) is -3.80. The highest BCUT2D eigenvalue weighted by molar-refractivity contribution is 6.24. The van der Waals surface area contributed by atoms with E-state index in [1.807, 2.05) is 0 Å². The van der Waals surface area contributed by atoms with Crippen LogP contribution < -0.4 is 0 Å². The van der Waals surface area contributed by atoms with Gasteiger partial charge in [-0.3, -0.25) is 4.79 Å². The zero-order chi connectivity index (χ0) is 21.4. The lowest BCUT2D eigenvalue weighted by Gasteiger charge is -2.26. The lowest BCUT2D eigenvalue weighted by molar-refractivity contribution is -0.175. The Morgan fingerprint density at radius 1 is 0.759 bits per heavy atom. The lowest BCUT2D eigenvalue weighted by atomic mass is 9.84. The molecule has 1 heterocycles. The molecule has 0 aliphatic rings. The normalized spacial score (nSPS) is 10.9. The van der Waals surface area contributed by atoms with Crippen LogP contribution in [0, 0.1) is 0 Å². The Kier molecular flexibility index (Phi) is 7.30. The molecule has 0 saturated heterocycles. The molecule has 1 N–H and O–H groups in total. The van der Waals surface area contributed by atoms with Gasteiger partial charge in [0, 0.05) is 5.56 Å². The van der Waals surface area contributed by atoms with Gasteiger partial charge < -0.3 is 19.2 Å². The van der Waals surface area contributed by atoms with Crippen molar-refractivity contribution < 1.29 is 33.4 Å². The summed E-state index contributed by atoms with van der Waals surface area (Å²) in [6, 6.07) is 11.1. The number of aromatic nitrogens is 1. The summed E-state index contributed by atoms with van der Waals surface area (Å²) in [5, 5.41) is 0. The third kappa shape index (κ3) is 4.21. The van der Waals surface area contributed by atoms with Crippen LogP contribution >= 0.6 is 0 Å². The van der Waals surface area contributed by atoms with Gasteiger partial charge >= 0.3 is 17.9 Å². The van der Waals surface area contributed by atoms with Crippen molar-refractivity contribution in [3.8, 4) is 0 Å². The molecule has 29 heavy (non-hydrogen) atoms. The van der Waals surface area contributed by atoms with Gasteiger partial charge in [-0.2, -0.15) is 0 Å². The van der Waals surface area contributed by atoms with Crippen LogP contribution in [0.3, 0.4) is 0 Å². The number of esters is 3. The molecule has 0 atom stereocenters. The Labute approximate surface area is 168 Å². The van der Waals surface area contributed by atoms with E-state index >= 15 is 0 Å². The molecule has 1 aromatic carbocycles. The smallest absolute Gasteiger partial charge is 0.341 e. The number of aromatic amines is 1. The number of carbonyl (C=O) groups is 4. The number of carbonyl (C=O) groups excluding carboxylic acids is 4. The van der Waals surface area contributed by atoms with E-state index in [9.17, 15) is 19.2 Å². The Balaban J connectivity index is 2.60. The average Bonchev–Trinajstić information content (AvgIpc) is 3.19. The van der Waals surface area contributed by atoms with Crippen molar-refractivity contribution in [2.45, 2.75) is 26.2 Å². The minimum atomic E-state index is -2.52. The highest BCUT2D eigenvalue weighted by Crippen LogP contribution is 2.30. The van der Waals surface area contributed by atoms with Crippen LogP contribution in [0.5, 0.6) is 0 Å². The third-order valence-corrected chi connectivity index (χ3v) is 4.12. The van der Waals surface area contributed by atoms with Crippen LogP contribution in [0.15, 0.2) is 42.5 Å². The van der Waals surface area contributed by atoms with Gasteiger partial charge in [0.25, 0.3) is 5.41 Å². The van der Waals surface area contributed by atoms with E-state index < -0.39 is 23.3 Å². The van der Waals surface area contributed by atoms with Crippen LogP contribution in [0.25, 0.3) is 0 Å². The molecule has 0 saturated carbocycles. The number of benzene rings is 1. The topological polar surface area (TPSA) is 112 Å². The second kappa shape index (κ2) is 9.68. The Bertz CT molecular complexity index is 840. The summed E-state index contributed by atoms with van der Waals surface area (Å²) < 4.78 is 15.0. The summed E-state index contributed by atoms with van der Waals surface area (Å²) in [4.78, 5) is 53.9. The van der Waals surface area contributed by atoms with E-state index in [1.54, 1.807) is 30.3 Å². The van der Waals surface area contributed by atoms with Gasteiger partial charge in [-0.25, -0.2) is 14.4 Å². The zero-order valence-electron chi connectivity index (χ0n) is 16.5. The first kappa shape index (κ1) is 21.9. The monoisotopic (exact) mass is 401 g/mol. The van der Waals surface area contributed by atoms with Crippen molar-refractivity contribution >= 4 is 23.7 Å². The standard InChI is InChI=1S/C21H23NO7/c1-4-27-18(24)21(19(25)28-5-2,20(26)29-6-3)16-13-12-15(22-16)17(23)14-10-8-7-9-11-14/h7-13,22H,4-6H2,1-3H3. The number of nitrogens with one attached hydrogen (secondary N) is 1. The number of ketones is 1. The summed E-state index contributed by atoms with van der Waals surface area (Å²) in [7, 11) is 0. The number of hydrogen-bond donors (Lipinski definition) is 1. The van der Waals surface area contributed by atoms with E-state index in [2.05, 4.69) is 4.98 Å². The van der Waals surface area contributed by atoms with Crippen LogP contribution in [0.1, 0.15) is 42.5 Å². The van der Waals surface area contributed by atoms with Crippen LogP contribution in [-0.4, -0.2) is 48.5 Å². The quantitative estimate of drug-likeness (QED) is 0.297. The average molecular weight is 401 g/mol. The molecule has 8 nitrogen and oxygen atoms in total. The minimum absolute atomic E-state index is 0.0735. The van der Waals surface area contributed by atoms with Crippen LogP contribution in [0.4, 0.5) is 0 Å². The molecule has 2 aromatic rings. The van der Waals surface area contributed by atoms with Gasteiger partial charge in [0.1, 0.15) is 0 Å². The fraction of sp³-hybridized carbons (Fsp3) is 0.333. The van der Waals surface area contributed by atoms with E-state index in [-0.39, 0.29) is 37.0 Å². The number of ether oxygens (including phenoxy) is 3. The first-order valence-corrected chi connectivity index (χ1v) is 9.24. The summed E-state index contributed by atoms with van der Waals surface area (Å²) >= 11 is 0. The molecule has 0 fully saturated rings. The van der Waals surface area contributed by atoms with Crippen molar-refractivity contribution in [2.75, 3.05) is 19.8 Å². The molecule has 0 spiro atoms. The van der Waals surface area contributed by atoms with Crippen molar-refractivity contribution in [3.05, 3.63) is 59.4 Å². The Hall–Kier alpha value is -3.42. The van der Waals surface area contributed by atoms with Crippen molar-refractivity contribution in [2.24, 2.45) is 0 Å². The highest BCUT2D eigenvalue weighted by atomic mass is 16.6. The number of rotatable bonds is 9. The number of hydrogen-bond acceptors (Lipinski definition) is 7. The van der Waals surface area contributed by atoms with Gasteiger partial charge in [-0.1, -0.05) is 30.3 Å². The lowest BCUT2D eigenvalue weighted by Crippen LogP contribution is -2.53. The number of H-pyrrole nitrogens is 1. The van der Waals surface area contributed by atoms with E-state index in [0.29, 0.717) is 5.56 Å². The molecule has 2 rings (SSSR count). The van der Waals surface area contributed by atoms with Gasteiger partial charge in [-0.05, 0) is 32.9 Å². The van der Waals surface area contributed by atoms with Gasteiger partial charge in [-0.15, -0.1) is 0 Å². The first-order valence-electron chi connectivity index (χ1n) is 9.24. The molecule has 0 aliphatic carbocycles.